The highest BCUT2D eigenvalue weighted by atomic mass is 32.2. The summed E-state index contributed by atoms with van der Waals surface area (Å²) >= 11 is 0. The van der Waals surface area contributed by atoms with Crippen LogP contribution in [0, 0.1) is 0 Å². The molecule has 30 heavy (non-hydrogen) atoms. The molecule has 8 nitrogen and oxygen atoms in total. The Morgan fingerprint density at radius 1 is 1.13 bits per heavy atom. The normalized spacial score (nSPS) is 15.6. The lowest BCUT2D eigenvalue weighted by molar-refractivity contribution is 0.0677. The second-order valence-electron chi connectivity index (χ2n) is 7.44. The minimum atomic E-state index is -3.25. The van der Waals surface area contributed by atoms with Crippen molar-refractivity contribution in [1.82, 2.24) is 19.0 Å². The first kappa shape index (κ1) is 20.4. The van der Waals surface area contributed by atoms with Crippen LogP contribution in [0.4, 0.5) is 0 Å². The van der Waals surface area contributed by atoms with Gasteiger partial charge in [-0.25, -0.2) is 17.4 Å². The number of aromatic nitrogens is 2. The highest BCUT2D eigenvalue weighted by Crippen LogP contribution is 2.25. The lowest BCUT2D eigenvalue weighted by Gasteiger charge is -2.35. The molecule has 1 aliphatic heterocycles. The van der Waals surface area contributed by atoms with Gasteiger partial charge in [0.15, 0.2) is 5.76 Å². The number of furan rings is 1. The molecule has 0 spiro atoms. The Hall–Kier alpha value is -2.91. The fourth-order valence-corrected chi connectivity index (χ4v) is 4.46. The van der Waals surface area contributed by atoms with Crippen molar-refractivity contribution in [2.45, 2.75) is 18.9 Å². The molecule has 4 rings (SSSR count). The van der Waals surface area contributed by atoms with Gasteiger partial charge in [0.1, 0.15) is 11.4 Å². The SMILES string of the molecule is CN(C1CCN(C(=O)c2cc(-c3ccco3)nn2-c2ccccc2)CC1)S(C)(=O)=O. The van der Waals surface area contributed by atoms with E-state index in [2.05, 4.69) is 5.10 Å². The molecule has 0 saturated carbocycles. The smallest absolute Gasteiger partial charge is 0.272 e. The van der Waals surface area contributed by atoms with Crippen molar-refractivity contribution in [3.8, 4) is 17.1 Å². The maximum Gasteiger partial charge on any atom is 0.272 e. The molecule has 3 heterocycles. The van der Waals surface area contributed by atoms with Crippen molar-refractivity contribution >= 4 is 15.9 Å². The monoisotopic (exact) mass is 428 g/mol. The molecule has 3 aromatic rings. The number of nitrogens with zero attached hydrogens (tertiary/aromatic N) is 4. The van der Waals surface area contributed by atoms with E-state index in [0.717, 1.165) is 5.69 Å². The van der Waals surface area contributed by atoms with E-state index >= 15 is 0 Å². The van der Waals surface area contributed by atoms with Gasteiger partial charge in [0.2, 0.25) is 10.0 Å². The van der Waals surface area contributed by atoms with Gasteiger partial charge in [-0.15, -0.1) is 0 Å². The molecule has 0 bridgehead atoms. The topological polar surface area (TPSA) is 88.7 Å². The number of para-hydroxylation sites is 1. The number of hydrogen-bond acceptors (Lipinski definition) is 5. The van der Waals surface area contributed by atoms with Crippen LogP contribution in [0.2, 0.25) is 0 Å². The Bertz CT molecular complexity index is 1120. The molecule has 1 aromatic carbocycles. The van der Waals surface area contributed by atoms with Crippen LogP contribution in [-0.2, 0) is 10.0 Å². The molecular formula is C21H24N4O4S. The first-order chi connectivity index (χ1) is 14.3. The fourth-order valence-electron chi connectivity index (χ4n) is 3.71. The number of amides is 1. The second kappa shape index (κ2) is 8.08. The van der Waals surface area contributed by atoms with E-state index in [0.29, 0.717) is 43.1 Å². The third-order valence-electron chi connectivity index (χ3n) is 5.49. The Morgan fingerprint density at radius 3 is 2.43 bits per heavy atom. The molecule has 1 amide bonds. The molecule has 0 unspecified atom stereocenters. The minimum absolute atomic E-state index is 0.0956. The molecule has 1 saturated heterocycles. The average molecular weight is 429 g/mol. The van der Waals surface area contributed by atoms with E-state index in [4.69, 9.17) is 4.42 Å². The number of rotatable bonds is 5. The van der Waals surface area contributed by atoms with Gasteiger partial charge >= 0.3 is 0 Å². The Morgan fingerprint density at radius 2 is 1.83 bits per heavy atom. The number of carbonyl (C=O) groups excluding carboxylic acids is 1. The summed E-state index contributed by atoms with van der Waals surface area (Å²) in [4.78, 5) is 15.1. The van der Waals surface area contributed by atoms with Crippen LogP contribution in [0.3, 0.4) is 0 Å². The van der Waals surface area contributed by atoms with Crippen molar-refractivity contribution in [3.05, 3.63) is 60.5 Å². The van der Waals surface area contributed by atoms with Crippen molar-refractivity contribution in [2.75, 3.05) is 26.4 Å². The number of hydrogen-bond donors (Lipinski definition) is 0. The van der Waals surface area contributed by atoms with Gasteiger partial charge in [-0.3, -0.25) is 4.79 Å². The standard InChI is InChI=1S/C21H24N4O4S/c1-23(30(2,27)28)16-10-12-24(13-11-16)21(26)19-15-18(20-9-6-14-29-20)22-25(19)17-7-4-3-5-8-17/h3-9,14-16H,10-13H2,1-2H3. The summed E-state index contributed by atoms with van der Waals surface area (Å²) in [6, 6.07) is 14.7. The van der Waals surface area contributed by atoms with Gasteiger partial charge in [-0.2, -0.15) is 5.10 Å². The lowest BCUT2D eigenvalue weighted by Crippen LogP contribution is -2.47. The number of piperidine rings is 1. The first-order valence-corrected chi connectivity index (χ1v) is 11.6. The van der Waals surface area contributed by atoms with E-state index in [1.807, 2.05) is 30.3 Å². The zero-order chi connectivity index (χ0) is 21.3. The summed E-state index contributed by atoms with van der Waals surface area (Å²) in [5.41, 5.74) is 1.81. The van der Waals surface area contributed by atoms with Crippen LogP contribution in [0.25, 0.3) is 17.1 Å². The second-order valence-corrected chi connectivity index (χ2v) is 9.48. The van der Waals surface area contributed by atoms with E-state index in [-0.39, 0.29) is 11.9 Å². The van der Waals surface area contributed by atoms with Gasteiger partial charge in [0, 0.05) is 32.2 Å². The van der Waals surface area contributed by atoms with Crippen molar-refractivity contribution < 1.29 is 17.6 Å². The Labute approximate surface area is 175 Å². The van der Waals surface area contributed by atoms with Gasteiger partial charge in [-0.1, -0.05) is 18.2 Å². The first-order valence-electron chi connectivity index (χ1n) is 9.76. The summed E-state index contributed by atoms with van der Waals surface area (Å²) in [5, 5.41) is 4.60. The molecule has 1 fully saturated rings. The maximum atomic E-state index is 13.4. The van der Waals surface area contributed by atoms with Crippen molar-refractivity contribution in [3.63, 3.8) is 0 Å². The predicted octanol–water partition coefficient (Wildman–Crippen LogP) is 2.63. The average Bonchev–Trinajstić information content (AvgIpc) is 3.43. The highest BCUT2D eigenvalue weighted by Gasteiger charge is 2.31. The molecule has 0 radical (unpaired) electrons. The number of likely N-dealkylation sites (tertiary alicyclic amines) is 1. The number of sulfonamides is 1. The lowest BCUT2D eigenvalue weighted by atomic mass is 10.0. The van der Waals surface area contributed by atoms with Gasteiger partial charge < -0.3 is 9.32 Å². The molecule has 9 heteroatoms. The third kappa shape index (κ3) is 4.03. The minimum Gasteiger partial charge on any atom is -0.463 e. The third-order valence-corrected chi connectivity index (χ3v) is 6.84. The highest BCUT2D eigenvalue weighted by molar-refractivity contribution is 7.88. The molecule has 0 atom stereocenters. The van der Waals surface area contributed by atoms with E-state index in [1.165, 1.54) is 10.6 Å². The quantitative estimate of drug-likeness (QED) is 0.623. The summed E-state index contributed by atoms with van der Waals surface area (Å²) in [7, 11) is -1.66. The van der Waals surface area contributed by atoms with Gasteiger partial charge in [0.25, 0.3) is 5.91 Å². The van der Waals surface area contributed by atoms with Crippen molar-refractivity contribution in [1.29, 1.82) is 0 Å². The Balaban J connectivity index is 1.60. The summed E-state index contributed by atoms with van der Waals surface area (Å²) < 4.78 is 32.1. The van der Waals surface area contributed by atoms with Crippen LogP contribution in [0.1, 0.15) is 23.3 Å². The van der Waals surface area contributed by atoms with Crippen LogP contribution < -0.4 is 0 Å². The Kier molecular flexibility index (Phi) is 5.48. The number of benzene rings is 1. The van der Waals surface area contributed by atoms with Crippen LogP contribution >= 0.6 is 0 Å². The predicted molar refractivity (Wildman–Crippen MR) is 113 cm³/mol. The molecular weight excluding hydrogens is 404 g/mol. The van der Waals surface area contributed by atoms with E-state index in [9.17, 15) is 13.2 Å². The molecule has 2 aromatic heterocycles. The van der Waals surface area contributed by atoms with Crippen LogP contribution in [-0.4, -0.2) is 65.7 Å². The maximum absolute atomic E-state index is 13.4. The van der Waals surface area contributed by atoms with Crippen LogP contribution in [0.5, 0.6) is 0 Å². The molecule has 0 aliphatic carbocycles. The summed E-state index contributed by atoms with van der Waals surface area (Å²) in [6.45, 7) is 0.971. The van der Waals surface area contributed by atoms with Crippen molar-refractivity contribution in [2.24, 2.45) is 0 Å². The van der Waals surface area contributed by atoms with Gasteiger partial charge in [0.05, 0.1) is 18.2 Å². The van der Waals surface area contributed by atoms with E-state index < -0.39 is 10.0 Å². The summed E-state index contributed by atoms with van der Waals surface area (Å²) in [6.07, 6.45) is 3.97. The molecule has 158 valence electrons. The van der Waals surface area contributed by atoms with Gasteiger partial charge in [-0.05, 0) is 37.1 Å². The molecule has 0 N–H and O–H groups in total. The number of carbonyl (C=O) groups is 1. The van der Waals surface area contributed by atoms with E-state index in [1.54, 1.807) is 41.1 Å². The van der Waals surface area contributed by atoms with Crippen LogP contribution in [0.15, 0.2) is 59.2 Å². The zero-order valence-electron chi connectivity index (χ0n) is 16.9. The fraction of sp³-hybridized carbons (Fsp3) is 0.333. The molecule has 1 aliphatic rings. The largest absolute Gasteiger partial charge is 0.463 e. The zero-order valence-corrected chi connectivity index (χ0v) is 17.7. The summed E-state index contributed by atoms with van der Waals surface area (Å²) in [5.74, 6) is 0.455.